The second-order valence-corrected chi connectivity index (χ2v) is 1.47. The third-order valence-corrected chi connectivity index (χ3v) is 0. The van der Waals surface area contributed by atoms with Crippen molar-refractivity contribution in [1.82, 2.24) is 0 Å². The number of hydrogen-bond acceptors (Lipinski definition) is 7. The van der Waals surface area contributed by atoms with Crippen LogP contribution in [-0.2, 0) is 10.4 Å². The maximum Gasteiger partial charge on any atom is 2.00 e. The Hall–Kier alpha value is 2.92. The van der Waals surface area contributed by atoms with Gasteiger partial charge >= 0.3 is 113 Å². The fraction of sp³-hybridized carbons (Fsp3) is 0. The molecule has 0 heterocycles. The molecule has 0 radical (unpaired) electrons. The van der Waals surface area contributed by atoms with Crippen LogP contribution in [0, 0.1) is 0 Å². The molecule has 7 nitrogen and oxygen atoms in total. The van der Waals surface area contributed by atoms with Crippen LogP contribution < -0.4 is 10.2 Å². The molecule has 0 rings (SSSR count). The summed E-state index contributed by atoms with van der Waals surface area (Å²) in [7, 11) is -5.17. The van der Waals surface area contributed by atoms with Crippen LogP contribution in [-0.4, -0.2) is 137 Å². The second kappa shape index (κ2) is 16.4. The van der Waals surface area contributed by atoms with Gasteiger partial charge in [0, 0.05) is 10.4 Å². The summed E-state index contributed by atoms with van der Waals surface area (Å²) in [6.45, 7) is 0. The Kier molecular flexibility index (Phi) is 40.0. The fourth-order valence-corrected chi connectivity index (χ4v) is 0. The molecule has 0 N–H and O–H groups in total. The van der Waals surface area contributed by atoms with Crippen LogP contribution in [0.2, 0.25) is 0 Å². The molecular weight excluding hydrogens is 276 g/mol. The number of carbonyl (C=O) groups is 1. The zero-order chi connectivity index (χ0) is 8.08. The standard InChI is InChI=1S/CH2O3.3Ca.H2O4S/c2-1(3)4;;;;1-5(2,3)4/h(H2,2,3,4);;;;(H2,1,2,3,4)/q;3*+2;/p-4. The van der Waals surface area contributed by atoms with E-state index in [1.54, 1.807) is 0 Å². The van der Waals surface area contributed by atoms with Gasteiger partial charge in [-0.25, -0.2) is 0 Å². The third kappa shape index (κ3) is 215. The molecule has 0 bridgehead atoms. The van der Waals surface area contributed by atoms with E-state index in [0.29, 0.717) is 0 Å². The summed E-state index contributed by atoms with van der Waals surface area (Å²) in [5.74, 6) is 0. The summed E-state index contributed by atoms with van der Waals surface area (Å²) in [5.41, 5.74) is 0. The molecule has 56 valence electrons. The predicted octanol–water partition coefficient (Wildman–Crippen LogP) is -4.93. The third-order valence-electron chi connectivity index (χ3n) is 0. The van der Waals surface area contributed by atoms with E-state index in [0.717, 1.165) is 0 Å². The van der Waals surface area contributed by atoms with Crippen molar-refractivity contribution in [2.45, 2.75) is 0 Å². The number of carbonyl (C=O) groups excluding carboxylic acids is 1. The van der Waals surface area contributed by atoms with Crippen LogP contribution in [0.5, 0.6) is 0 Å². The fourth-order valence-electron chi connectivity index (χ4n) is 0. The normalized spacial score (nSPS) is 6.83. The summed E-state index contributed by atoms with van der Waals surface area (Å²) in [6, 6.07) is 0. The smallest absolute Gasteiger partial charge is 0.759 e. The molecule has 0 saturated heterocycles. The van der Waals surface area contributed by atoms with Crippen LogP contribution in [0.1, 0.15) is 0 Å². The van der Waals surface area contributed by atoms with Crippen molar-refractivity contribution in [3.8, 4) is 0 Å². The van der Waals surface area contributed by atoms with Gasteiger partial charge in [0.2, 0.25) is 0 Å². The minimum absolute atomic E-state index is 0. The maximum atomic E-state index is 8.52. The van der Waals surface area contributed by atoms with E-state index in [1.165, 1.54) is 0 Å². The van der Waals surface area contributed by atoms with Crippen molar-refractivity contribution in [3.63, 3.8) is 0 Å². The first kappa shape index (κ1) is 29.4. The van der Waals surface area contributed by atoms with E-state index in [2.05, 4.69) is 0 Å². The molecule has 12 heavy (non-hydrogen) atoms. The van der Waals surface area contributed by atoms with Gasteiger partial charge in [-0.3, -0.25) is 8.42 Å². The van der Waals surface area contributed by atoms with Crippen molar-refractivity contribution in [3.05, 3.63) is 0 Å². The largest absolute Gasteiger partial charge is 2.00 e. The Morgan fingerprint density at radius 3 is 0.917 bits per heavy atom. The van der Waals surface area contributed by atoms with Gasteiger partial charge < -0.3 is 24.1 Å². The van der Waals surface area contributed by atoms with Gasteiger partial charge in [-0.1, -0.05) is 0 Å². The zero-order valence-electron chi connectivity index (χ0n) is 5.89. The van der Waals surface area contributed by atoms with Gasteiger partial charge in [0.25, 0.3) is 0 Å². The summed E-state index contributed by atoms with van der Waals surface area (Å²) in [6.07, 6.45) is -2.33. The van der Waals surface area contributed by atoms with Gasteiger partial charge in [0.1, 0.15) is 0 Å². The minimum atomic E-state index is -5.17. The molecule has 0 aromatic rings. The quantitative estimate of drug-likeness (QED) is 0.245. The Morgan fingerprint density at radius 1 is 0.917 bits per heavy atom. The van der Waals surface area contributed by atoms with Gasteiger partial charge in [-0.05, 0) is 6.16 Å². The predicted molar refractivity (Wildman–Crippen MR) is 33.1 cm³/mol. The SMILES string of the molecule is O=C([O-])[O-].O=S(=O)([O-])[O-].[Ca+2].[Ca+2].[Ca+2]. The molecule has 0 aliphatic heterocycles. The van der Waals surface area contributed by atoms with Crippen LogP contribution >= 0.6 is 0 Å². The van der Waals surface area contributed by atoms with E-state index in [4.69, 9.17) is 32.5 Å². The van der Waals surface area contributed by atoms with Gasteiger partial charge in [-0.2, -0.15) is 0 Å². The zero-order valence-corrected chi connectivity index (χ0v) is 13.3. The van der Waals surface area contributed by atoms with Crippen molar-refractivity contribution in [2.24, 2.45) is 0 Å². The van der Waals surface area contributed by atoms with E-state index in [9.17, 15) is 0 Å². The Balaban J connectivity index is -0.0000000221. The van der Waals surface area contributed by atoms with E-state index in [-0.39, 0.29) is 113 Å². The monoisotopic (exact) mass is 276 g/mol. The molecule has 0 saturated carbocycles. The Bertz CT molecular complexity index is 161. The summed E-state index contributed by atoms with van der Waals surface area (Å²) < 4.78 is 34.1. The molecular formula is CCa3O7S+2. The van der Waals surface area contributed by atoms with Crippen molar-refractivity contribution in [2.75, 3.05) is 0 Å². The average molecular weight is 276 g/mol. The van der Waals surface area contributed by atoms with Crippen molar-refractivity contribution < 1.29 is 32.5 Å². The topological polar surface area (TPSA) is 143 Å². The van der Waals surface area contributed by atoms with E-state index < -0.39 is 16.6 Å². The van der Waals surface area contributed by atoms with Crippen LogP contribution in [0.3, 0.4) is 0 Å². The van der Waals surface area contributed by atoms with Crippen LogP contribution in [0.4, 0.5) is 4.79 Å². The summed E-state index contributed by atoms with van der Waals surface area (Å²) in [4.78, 5) is 8.33. The Labute approximate surface area is 158 Å². The molecule has 0 aromatic carbocycles. The second-order valence-electron chi connectivity index (χ2n) is 0.658. The number of hydrogen-bond donors (Lipinski definition) is 0. The molecule has 0 unspecified atom stereocenters. The summed E-state index contributed by atoms with van der Waals surface area (Å²) >= 11 is 0. The number of carboxylic acid groups (broad SMARTS) is 2. The molecule has 0 spiro atoms. The molecule has 0 amide bonds. The van der Waals surface area contributed by atoms with Crippen LogP contribution in [0.25, 0.3) is 0 Å². The van der Waals surface area contributed by atoms with Crippen molar-refractivity contribution in [1.29, 1.82) is 0 Å². The van der Waals surface area contributed by atoms with Gasteiger partial charge in [-0.15, -0.1) is 0 Å². The van der Waals surface area contributed by atoms with E-state index >= 15 is 0 Å². The molecule has 11 heteroatoms. The van der Waals surface area contributed by atoms with Crippen LogP contribution in [0.15, 0.2) is 0 Å². The first-order valence-electron chi connectivity index (χ1n) is 1.28. The molecule has 0 atom stereocenters. The molecule has 0 aliphatic carbocycles. The first-order valence-corrected chi connectivity index (χ1v) is 2.61. The maximum absolute atomic E-state index is 8.52. The van der Waals surface area contributed by atoms with Crippen molar-refractivity contribution >= 4 is 130 Å². The van der Waals surface area contributed by atoms with E-state index in [1.807, 2.05) is 0 Å². The Morgan fingerprint density at radius 2 is 0.917 bits per heavy atom. The average Bonchev–Trinajstić information content (AvgIpc) is 1.19. The first-order chi connectivity index (χ1) is 3.73. The molecule has 0 fully saturated rings. The summed E-state index contributed by atoms with van der Waals surface area (Å²) in [5, 5.41) is 16.7. The van der Waals surface area contributed by atoms with Gasteiger partial charge in [0.15, 0.2) is 0 Å². The molecule has 0 aliphatic rings. The molecule has 0 aromatic heterocycles. The van der Waals surface area contributed by atoms with Gasteiger partial charge in [0.05, 0.1) is 0 Å². The minimum Gasteiger partial charge on any atom is -0.759 e. The number of rotatable bonds is 0.